The van der Waals surface area contributed by atoms with Crippen LogP contribution in [0.1, 0.15) is 33.6 Å². The summed E-state index contributed by atoms with van der Waals surface area (Å²) >= 11 is 0. The molecule has 2 N–H and O–H groups in total. The fraction of sp³-hybridized carbons (Fsp3) is 0.857. The Morgan fingerprint density at radius 1 is 1.35 bits per heavy atom. The first-order chi connectivity index (χ1) is 9.36. The molecule has 1 rings (SSSR count). The lowest BCUT2D eigenvalue weighted by molar-refractivity contribution is -0.141. The maximum Gasteiger partial charge on any atom is 0.317 e. The molecule has 0 bridgehead atoms. The van der Waals surface area contributed by atoms with Crippen molar-refractivity contribution in [2.24, 2.45) is 5.92 Å². The number of carboxylic acids is 1. The molecule has 6 heteroatoms. The zero-order valence-corrected chi connectivity index (χ0v) is 12.9. The van der Waals surface area contributed by atoms with Gasteiger partial charge in [-0.3, -0.25) is 4.79 Å². The van der Waals surface area contributed by atoms with Crippen molar-refractivity contribution in [2.45, 2.75) is 45.7 Å². The molecule has 1 aliphatic heterocycles. The highest BCUT2D eigenvalue weighted by atomic mass is 16.4. The minimum atomic E-state index is -0.892. The van der Waals surface area contributed by atoms with Gasteiger partial charge in [-0.1, -0.05) is 6.92 Å². The molecule has 2 unspecified atom stereocenters. The lowest BCUT2D eigenvalue weighted by Crippen LogP contribution is -2.51. The summed E-state index contributed by atoms with van der Waals surface area (Å²) in [7, 11) is 1.79. The van der Waals surface area contributed by atoms with E-state index in [1.54, 1.807) is 25.8 Å². The summed E-state index contributed by atoms with van der Waals surface area (Å²) in [6.45, 7) is 8.55. The van der Waals surface area contributed by atoms with E-state index in [1.807, 2.05) is 0 Å². The van der Waals surface area contributed by atoms with Crippen LogP contribution in [-0.4, -0.2) is 65.7 Å². The minimum Gasteiger partial charge on any atom is -0.481 e. The number of nitrogens with one attached hydrogen (secondary N) is 1. The van der Waals surface area contributed by atoms with Gasteiger partial charge in [0, 0.05) is 32.2 Å². The number of nitrogens with zero attached hydrogens (tertiary/aromatic N) is 2. The second-order valence-corrected chi connectivity index (χ2v) is 5.64. The first-order valence-corrected chi connectivity index (χ1v) is 7.35. The molecule has 0 radical (unpaired) electrons. The standard InChI is InChI=1S/C14H27N3O3/c1-5-17-8-6-12(7-9-17)16(4)14(20)15-11(3)10(2)13(18)19/h10-12H,5-9H2,1-4H3,(H,15,20)(H,18,19). The van der Waals surface area contributed by atoms with Crippen LogP contribution in [0.3, 0.4) is 0 Å². The molecule has 0 aromatic carbocycles. The molecular formula is C14H27N3O3. The van der Waals surface area contributed by atoms with Crippen LogP contribution in [0.25, 0.3) is 0 Å². The molecule has 2 atom stereocenters. The number of carbonyl (C=O) groups excluding carboxylic acids is 1. The van der Waals surface area contributed by atoms with Crippen molar-refractivity contribution in [3.05, 3.63) is 0 Å². The molecule has 116 valence electrons. The van der Waals surface area contributed by atoms with Crippen molar-refractivity contribution in [3.8, 4) is 0 Å². The van der Waals surface area contributed by atoms with Crippen molar-refractivity contribution < 1.29 is 14.7 Å². The second kappa shape index (κ2) is 7.47. The summed E-state index contributed by atoms with van der Waals surface area (Å²) < 4.78 is 0. The van der Waals surface area contributed by atoms with E-state index in [1.165, 1.54) is 0 Å². The molecule has 6 nitrogen and oxygen atoms in total. The van der Waals surface area contributed by atoms with Crippen LogP contribution < -0.4 is 5.32 Å². The number of likely N-dealkylation sites (tertiary alicyclic amines) is 1. The van der Waals surface area contributed by atoms with E-state index in [2.05, 4.69) is 17.1 Å². The predicted molar refractivity (Wildman–Crippen MR) is 77.7 cm³/mol. The third-order valence-corrected chi connectivity index (χ3v) is 4.36. The van der Waals surface area contributed by atoms with Crippen LogP contribution in [0.2, 0.25) is 0 Å². The summed E-state index contributed by atoms with van der Waals surface area (Å²) in [6.07, 6.45) is 1.95. The average molecular weight is 285 g/mol. The molecule has 0 saturated carbocycles. The van der Waals surface area contributed by atoms with E-state index in [-0.39, 0.29) is 18.1 Å². The Bertz CT molecular complexity index is 341. The Morgan fingerprint density at radius 3 is 2.35 bits per heavy atom. The number of carboxylic acid groups (broad SMARTS) is 1. The number of urea groups is 1. The number of hydrogen-bond donors (Lipinski definition) is 2. The SMILES string of the molecule is CCN1CCC(N(C)C(=O)NC(C)C(C)C(=O)O)CC1. The Labute approximate surface area is 121 Å². The molecule has 0 aliphatic carbocycles. The van der Waals surface area contributed by atoms with Crippen molar-refractivity contribution in [2.75, 3.05) is 26.7 Å². The second-order valence-electron chi connectivity index (χ2n) is 5.64. The van der Waals surface area contributed by atoms with Gasteiger partial charge in [-0.05, 0) is 33.2 Å². The third-order valence-electron chi connectivity index (χ3n) is 4.36. The lowest BCUT2D eigenvalue weighted by atomic mass is 10.0. The number of amides is 2. The number of carbonyl (C=O) groups is 2. The van der Waals surface area contributed by atoms with Crippen LogP contribution in [0.15, 0.2) is 0 Å². The van der Waals surface area contributed by atoms with Gasteiger partial charge in [0.2, 0.25) is 0 Å². The number of aliphatic carboxylic acids is 1. The van der Waals surface area contributed by atoms with Crippen LogP contribution >= 0.6 is 0 Å². The largest absolute Gasteiger partial charge is 0.481 e. The van der Waals surface area contributed by atoms with Gasteiger partial charge in [0.05, 0.1) is 5.92 Å². The summed E-state index contributed by atoms with van der Waals surface area (Å²) in [5.74, 6) is -1.48. The van der Waals surface area contributed by atoms with E-state index in [4.69, 9.17) is 5.11 Å². The molecule has 0 aromatic rings. The van der Waals surface area contributed by atoms with Crippen molar-refractivity contribution >= 4 is 12.0 Å². The molecule has 1 heterocycles. The molecule has 1 aliphatic rings. The highest BCUT2D eigenvalue weighted by Gasteiger charge is 2.27. The normalized spacial score (nSPS) is 20.2. The zero-order valence-electron chi connectivity index (χ0n) is 12.9. The smallest absolute Gasteiger partial charge is 0.317 e. The topological polar surface area (TPSA) is 72.9 Å². The Kier molecular flexibility index (Phi) is 6.26. The molecule has 1 saturated heterocycles. The van der Waals surface area contributed by atoms with Crippen LogP contribution in [0, 0.1) is 5.92 Å². The first kappa shape index (κ1) is 16.8. The van der Waals surface area contributed by atoms with Crippen LogP contribution in [0.4, 0.5) is 4.79 Å². The highest BCUT2D eigenvalue weighted by molar-refractivity contribution is 5.76. The van der Waals surface area contributed by atoms with Gasteiger partial charge in [-0.15, -0.1) is 0 Å². The first-order valence-electron chi connectivity index (χ1n) is 7.35. The molecule has 2 amide bonds. The van der Waals surface area contributed by atoms with Crippen molar-refractivity contribution in [1.82, 2.24) is 15.1 Å². The van der Waals surface area contributed by atoms with Crippen LogP contribution in [-0.2, 0) is 4.79 Å². The lowest BCUT2D eigenvalue weighted by Gasteiger charge is -2.36. The number of piperidine rings is 1. The maximum atomic E-state index is 12.1. The van der Waals surface area contributed by atoms with Gasteiger partial charge in [-0.2, -0.15) is 0 Å². The average Bonchev–Trinajstić information content (AvgIpc) is 2.45. The molecular weight excluding hydrogens is 258 g/mol. The van der Waals surface area contributed by atoms with E-state index < -0.39 is 11.9 Å². The summed E-state index contributed by atoms with van der Waals surface area (Å²) in [5, 5.41) is 11.7. The van der Waals surface area contributed by atoms with Crippen molar-refractivity contribution in [3.63, 3.8) is 0 Å². The number of rotatable bonds is 5. The van der Waals surface area contributed by atoms with Gasteiger partial charge < -0.3 is 20.2 Å². The molecule has 20 heavy (non-hydrogen) atoms. The van der Waals surface area contributed by atoms with Crippen molar-refractivity contribution in [1.29, 1.82) is 0 Å². The molecule has 1 fully saturated rings. The quantitative estimate of drug-likeness (QED) is 0.796. The van der Waals surface area contributed by atoms with Gasteiger partial charge in [0.25, 0.3) is 0 Å². The van der Waals surface area contributed by atoms with E-state index >= 15 is 0 Å². The van der Waals surface area contributed by atoms with Gasteiger partial charge in [0.1, 0.15) is 0 Å². The van der Waals surface area contributed by atoms with Crippen LogP contribution in [0.5, 0.6) is 0 Å². The summed E-state index contributed by atoms with van der Waals surface area (Å²) in [5.41, 5.74) is 0. The Balaban J connectivity index is 2.45. The van der Waals surface area contributed by atoms with E-state index in [9.17, 15) is 9.59 Å². The Morgan fingerprint density at radius 2 is 1.90 bits per heavy atom. The third kappa shape index (κ3) is 4.37. The highest BCUT2D eigenvalue weighted by Crippen LogP contribution is 2.15. The minimum absolute atomic E-state index is 0.180. The zero-order chi connectivity index (χ0) is 15.3. The number of hydrogen-bond acceptors (Lipinski definition) is 3. The van der Waals surface area contributed by atoms with E-state index in [0.29, 0.717) is 0 Å². The predicted octanol–water partition coefficient (Wildman–Crippen LogP) is 1.22. The fourth-order valence-corrected chi connectivity index (χ4v) is 2.42. The molecule has 0 aromatic heterocycles. The summed E-state index contributed by atoms with van der Waals surface area (Å²) in [6, 6.07) is -0.316. The van der Waals surface area contributed by atoms with E-state index in [0.717, 1.165) is 32.5 Å². The van der Waals surface area contributed by atoms with Gasteiger partial charge in [0.15, 0.2) is 0 Å². The summed E-state index contributed by atoms with van der Waals surface area (Å²) in [4.78, 5) is 27.1. The van der Waals surface area contributed by atoms with Gasteiger partial charge in [-0.25, -0.2) is 4.79 Å². The van der Waals surface area contributed by atoms with Gasteiger partial charge >= 0.3 is 12.0 Å². The fourth-order valence-electron chi connectivity index (χ4n) is 2.42. The Hall–Kier alpha value is -1.30. The molecule has 0 spiro atoms. The maximum absolute atomic E-state index is 12.1. The monoisotopic (exact) mass is 285 g/mol.